The van der Waals surface area contributed by atoms with Gasteiger partial charge in [0, 0.05) is 12.6 Å². The lowest BCUT2D eigenvalue weighted by Gasteiger charge is -2.06. The molecule has 8 heavy (non-hydrogen) atoms. The first-order valence-corrected chi connectivity index (χ1v) is 3.09. The minimum Gasteiger partial charge on any atom is -0.396 e. The molecule has 0 fully saturated rings. The zero-order chi connectivity index (χ0) is 6.41. The Morgan fingerprint density at radius 1 is 1.62 bits per heavy atom. The van der Waals surface area contributed by atoms with E-state index < -0.39 is 0 Å². The fourth-order valence-electron chi connectivity index (χ4n) is 0.542. The molecule has 2 nitrogen and oxygen atoms in total. The quantitative estimate of drug-likeness (QED) is 0.557. The zero-order valence-corrected chi connectivity index (χ0v) is 5.65. The lowest BCUT2D eigenvalue weighted by molar-refractivity contribution is 0.278. The SMILES string of the molecule is CN[C@H](C)CCCO. The van der Waals surface area contributed by atoms with E-state index in [-0.39, 0.29) is 0 Å². The van der Waals surface area contributed by atoms with Gasteiger partial charge in [-0.05, 0) is 26.8 Å². The Morgan fingerprint density at radius 2 is 2.25 bits per heavy atom. The molecule has 0 saturated heterocycles. The topological polar surface area (TPSA) is 32.3 Å². The number of aliphatic hydroxyl groups excluding tert-OH is 1. The minimum absolute atomic E-state index is 0.312. The summed E-state index contributed by atoms with van der Waals surface area (Å²) in [6.45, 7) is 2.42. The monoisotopic (exact) mass is 117 g/mol. The number of rotatable bonds is 4. The molecule has 2 heteroatoms. The molecule has 0 amide bonds. The van der Waals surface area contributed by atoms with E-state index >= 15 is 0 Å². The molecule has 0 spiro atoms. The molecule has 2 N–H and O–H groups in total. The third-order valence-electron chi connectivity index (χ3n) is 1.29. The largest absolute Gasteiger partial charge is 0.396 e. The summed E-state index contributed by atoms with van der Waals surface area (Å²) in [5.41, 5.74) is 0. The van der Waals surface area contributed by atoms with Gasteiger partial charge in [0.25, 0.3) is 0 Å². The predicted molar refractivity (Wildman–Crippen MR) is 34.8 cm³/mol. The van der Waals surface area contributed by atoms with Crippen LogP contribution in [0.2, 0.25) is 0 Å². The van der Waals surface area contributed by atoms with Gasteiger partial charge in [0.1, 0.15) is 0 Å². The third-order valence-corrected chi connectivity index (χ3v) is 1.29. The van der Waals surface area contributed by atoms with Gasteiger partial charge in [0.05, 0.1) is 0 Å². The molecule has 50 valence electrons. The number of aliphatic hydroxyl groups is 1. The number of nitrogens with one attached hydrogen (secondary N) is 1. The minimum atomic E-state index is 0.312. The molecule has 0 aromatic carbocycles. The van der Waals surface area contributed by atoms with Gasteiger partial charge in [-0.1, -0.05) is 0 Å². The summed E-state index contributed by atoms with van der Waals surface area (Å²) in [5, 5.41) is 11.5. The first kappa shape index (κ1) is 7.92. The van der Waals surface area contributed by atoms with Crippen LogP contribution in [0, 0.1) is 0 Å². The fraction of sp³-hybridized carbons (Fsp3) is 1.00. The van der Waals surface area contributed by atoms with Crippen LogP contribution in [-0.4, -0.2) is 24.8 Å². The van der Waals surface area contributed by atoms with Crippen molar-refractivity contribution in [3.8, 4) is 0 Å². The maximum atomic E-state index is 8.38. The maximum absolute atomic E-state index is 8.38. The summed E-state index contributed by atoms with van der Waals surface area (Å²) < 4.78 is 0. The Hall–Kier alpha value is -0.0800. The third kappa shape index (κ3) is 4.09. The van der Waals surface area contributed by atoms with Gasteiger partial charge >= 0.3 is 0 Å². The molecule has 0 bridgehead atoms. The Balaban J connectivity index is 2.86. The van der Waals surface area contributed by atoms with Crippen LogP contribution in [-0.2, 0) is 0 Å². The van der Waals surface area contributed by atoms with E-state index in [1.54, 1.807) is 0 Å². The maximum Gasteiger partial charge on any atom is 0.0431 e. The van der Waals surface area contributed by atoms with Crippen LogP contribution in [0.4, 0.5) is 0 Å². The second-order valence-corrected chi connectivity index (χ2v) is 2.06. The van der Waals surface area contributed by atoms with Crippen LogP contribution in [0.15, 0.2) is 0 Å². The first-order chi connectivity index (χ1) is 3.81. The normalized spacial score (nSPS) is 13.9. The summed E-state index contributed by atoms with van der Waals surface area (Å²) in [4.78, 5) is 0. The van der Waals surface area contributed by atoms with Crippen LogP contribution in [0.1, 0.15) is 19.8 Å². The van der Waals surface area contributed by atoms with Crippen molar-refractivity contribution < 1.29 is 5.11 Å². The van der Waals surface area contributed by atoms with Crippen molar-refractivity contribution in [1.82, 2.24) is 5.32 Å². The summed E-state index contributed by atoms with van der Waals surface area (Å²) in [5.74, 6) is 0. The molecular weight excluding hydrogens is 102 g/mol. The van der Waals surface area contributed by atoms with Crippen molar-refractivity contribution in [1.29, 1.82) is 0 Å². The van der Waals surface area contributed by atoms with Crippen LogP contribution < -0.4 is 5.32 Å². The lowest BCUT2D eigenvalue weighted by atomic mass is 10.2. The van der Waals surface area contributed by atoms with Gasteiger partial charge in [0.2, 0.25) is 0 Å². The molecule has 0 rings (SSSR count). The number of hydrogen-bond donors (Lipinski definition) is 2. The molecule has 0 aliphatic carbocycles. The van der Waals surface area contributed by atoms with Gasteiger partial charge in [-0.3, -0.25) is 0 Å². The summed E-state index contributed by atoms with van der Waals surface area (Å²) >= 11 is 0. The molecule has 0 heterocycles. The summed E-state index contributed by atoms with van der Waals surface area (Å²) in [6, 6.07) is 0.544. The van der Waals surface area contributed by atoms with Gasteiger partial charge in [0.15, 0.2) is 0 Å². The molecule has 0 radical (unpaired) electrons. The van der Waals surface area contributed by atoms with Gasteiger partial charge in [-0.25, -0.2) is 0 Å². The van der Waals surface area contributed by atoms with E-state index in [0.717, 1.165) is 12.8 Å². The van der Waals surface area contributed by atoms with Gasteiger partial charge < -0.3 is 10.4 Å². The Labute approximate surface area is 50.9 Å². The van der Waals surface area contributed by atoms with E-state index in [0.29, 0.717) is 12.6 Å². The van der Waals surface area contributed by atoms with Crippen LogP contribution >= 0.6 is 0 Å². The van der Waals surface area contributed by atoms with Crippen molar-refractivity contribution in [2.75, 3.05) is 13.7 Å². The fourth-order valence-corrected chi connectivity index (χ4v) is 0.542. The van der Waals surface area contributed by atoms with Crippen molar-refractivity contribution in [2.45, 2.75) is 25.8 Å². The van der Waals surface area contributed by atoms with E-state index in [1.165, 1.54) is 0 Å². The molecule has 1 atom stereocenters. The summed E-state index contributed by atoms with van der Waals surface area (Å²) in [7, 11) is 1.93. The highest BCUT2D eigenvalue weighted by Crippen LogP contribution is 1.92. The zero-order valence-electron chi connectivity index (χ0n) is 5.65. The average Bonchev–Trinajstić information content (AvgIpc) is 1.83. The van der Waals surface area contributed by atoms with E-state index in [4.69, 9.17) is 5.11 Å². The van der Waals surface area contributed by atoms with E-state index in [2.05, 4.69) is 12.2 Å². The summed E-state index contributed by atoms with van der Waals surface area (Å²) in [6.07, 6.45) is 1.97. The molecule has 0 aliphatic heterocycles. The van der Waals surface area contributed by atoms with Crippen molar-refractivity contribution >= 4 is 0 Å². The van der Waals surface area contributed by atoms with Crippen molar-refractivity contribution in [3.05, 3.63) is 0 Å². The van der Waals surface area contributed by atoms with E-state index in [9.17, 15) is 0 Å². The Bertz CT molecular complexity index is 47.8. The number of hydrogen-bond acceptors (Lipinski definition) is 2. The Kier molecular flexibility index (Phi) is 5.01. The molecule has 0 aliphatic rings. The standard InChI is InChI=1S/C6H15NO/c1-6(7-2)4-3-5-8/h6-8H,3-5H2,1-2H3/t6-/m1/s1. The predicted octanol–water partition coefficient (Wildman–Crippen LogP) is 0.367. The highest BCUT2D eigenvalue weighted by atomic mass is 16.2. The molecule has 0 saturated carbocycles. The van der Waals surface area contributed by atoms with E-state index in [1.807, 2.05) is 7.05 Å². The Morgan fingerprint density at radius 3 is 2.62 bits per heavy atom. The smallest absolute Gasteiger partial charge is 0.0431 e. The molecule has 0 aromatic heterocycles. The van der Waals surface area contributed by atoms with Crippen molar-refractivity contribution in [3.63, 3.8) is 0 Å². The van der Waals surface area contributed by atoms with Crippen LogP contribution in [0.5, 0.6) is 0 Å². The van der Waals surface area contributed by atoms with Gasteiger partial charge in [-0.15, -0.1) is 0 Å². The molecule has 0 aromatic rings. The van der Waals surface area contributed by atoms with Crippen LogP contribution in [0.25, 0.3) is 0 Å². The second-order valence-electron chi connectivity index (χ2n) is 2.06. The first-order valence-electron chi connectivity index (χ1n) is 3.09. The second kappa shape index (κ2) is 5.06. The molecule has 0 unspecified atom stereocenters. The average molecular weight is 117 g/mol. The lowest BCUT2D eigenvalue weighted by Crippen LogP contribution is -2.20. The molecular formula is C6H15NO. The van der Waals surface area contributed by atoms with Gasteiger partial charge in [-0.2, -0.15) is 0 Å². The van der Waals surface area contributed by atoms with Crippen molar-refractivity contribution in [2.24, 2.45) is 0 Å². The van der Waals surface area contributed by atoms with Crippen LogP contribution in [0.3, 0.4) is 0 Å². The highest BCUT2D eigenvalue weighted by Gasteiger charge is 1.93. The highest BCUT2D eigenvalue weighted by molar-refractivity contribution is 4.54.